The molecule has 0 bridgehead atoms. The van der Waals surface area contributed by atoms with E-state index in [9.17, 15) is 43.2 Å². The first kappa shape index (κ1) is 91.5. The maximum absolute atomic E-state index is 13.1. The molecule has 0 aliphatic rings. The van der Waals surface area contributed by atoms with Crippen LogP contribution >= 0.6 is 15.6 Å². The Balaban J connectivity index is 5.28. The molecule has 0 aromatic heterocycles. The van der Waals surface area contributed by atoms with E-state index in [0.29, 0.717) is 31.6 Å². The molecular formula is C75H142O17P2. The molecule has 17 nitrogen and oxygen atoms in total. The number of phosphoric ester groups is 2. The molecule has 0 aromatic rings. The molecule has 0 aliphatic carbocycles. The molecule has 3 N–H and O–H groups in total. The van der Waals surface area contributed by atoms with E-state index in [2.05, 4.69) is 72.8 Å². The van der Waals surface area contributed by atoms with Crippen LogP contribution in [-0.2, 0) is 65.4 Å². The topological polar surface area (TPSA) is 237 Å². The van der Waals surface area contributed by atoms with Crippen molar-refractivity contribution < 1.29 is 80.2 Å². The van der Waals surface area contributed by atoms with Crippen molar-refractivity contribution in [2.75, 3.05) is 39.6 Å². The molecule has 0 spiro atoms. The fraction of sp³-hybridized carbons (Fsp3) is 0.893. The van der Waals surface area contributed by atoms with Crippen LogP contribution in [0, 0.1) is 17.8 Å². The van der Waals surface area contributed by atoms with E-state index in [0.717, 1.165) is 127 Å². The molecule has 0 heterocycles. The summed E-state index contributed by atoms with van der Waals surface area (Å²) >= 11 is 0. The zero-order chi connectivity index (χ0) is 69.4. The van der Waals surface area contributed by atoms with Gasteiger partial charge in [-0.3, -0.25) is 37.3 Å². The van der Waals surface area contributed by atoms with Gasteiger partial charge in [0.25, 0.3) is 0 Å². The van der Waals surface area contributed by atoms with Crippen molar-refractivity contribution in [1.82, 2.24) is 0 Å². The Bertz CT molecular complexity index is 1930. The second-order valence-electron chi connectivity index (χ2n) is 27.8. The van der Waals surface area contributed by atoms with E-state index in [-0.39, 0.29) is 25.7 Å². The van der Waals surface area contributed by atoms with E-state index in [1.165, 1.54) is 141 Å². The summed E-state index contributed by atoms with van der Waals surface area (Å²) in [6.45, 7) is 11.8. The van der Waals surface area contributed by atoms with Crippen molar-refractivity contribution in [1.29, 1.82) is 0 Å². The highest BCUT2D eigenvalue weighted by atomic mass is 31.2. The Labute approximate surface area is 573 Å². The van der Waals surface area contributed by atoms with Crippen molar-refractivity contribution in [3.05, 3.63) is 24.3 Å². The van der Waals surface area contributed by atoms with Crippen LogP contribution in [0.15, 0.2) is 24.3 Å². The standard InChI is InChI=1S/C75H142O17P2/c1-8-9-10-11-12-13-14-15-16-19-22-28-35-42-49-56-72(77)85-62-70(91-75(80)59-52-45-37-30-25-24-27-33-40-47-54-67(4)5)64-89-93(81,82)87-60-69(76)61-88-94(83,84)90-65-71(63-86-73(78)57-50-43-38-31-34-41-48-55-68(6)7)92-74(79)58-51-44-36-29-23-20-17-18-21-26-32-39-46-53-66(2)3/h13-16,66-71,76H,8-12,17-65H2,1-7H3,(H,81,82)(H,83,84)/b14-13-,16-15-/t69?,70-,71-/m1/s1. The summed E-state index contributed by atoms with van der Waals surface area (Å²) in [5.74, 6) is 0.0871. The number of carbonyl (C=O) groups excluding carboxylic acids is 4. The highest BCUT2D eigenvalue weighted by Crippen LogP contribution is 2.45. The predicted octanol–water partition coefficient (Wildman–Crippen LogP) is 21.3. The molecule has 554 valence electrons. The van der Waals surface area contributed by atoms with Crippen LogP contribution in [0.5, 0.6) is 0 Å². The van der Waals surface area contributed by atoms with Gasteiger partial charge in [0.15, 0.2) is 12.2 Å². The molecule has 3 unspecified atom stereocenters. The summed E-state index contributed by atoms with van der Waals surface area (Å²) in [6.07, 6.45) is 53.6. The molecular weight excluding hydrogens is 1230 g/mol. The number of hydrogen-bond donors (Lipinski definition) is 3. The normalized spacial score (nSPS) is 14.3. The summed E-state index contributed by atoms with van der Waals surface area (Å²) in [7, 11) is -9.92. The lowest BCUT2D eigenvalue weighted by Crippen LogP contribution is -2.30. The largest absolute Gasteiger partial charge is 0.472 e. The van der Waals surface area contributed by atoms with Crippen molar-refractivity contribution in [2.24, 2.45) is 17.8 Å². The van der Waals surface area contributed by atoms with Gasteiger partial charge >= 0.3 is 39.5 Å². The van der Waals surface area contributed by atoms with Crippen LogP contribution in [-0.4, -0.2) is 96.7 Å². The van der Waals surface area contributed by atoms with Crippen LogP contribution in [0.2, 0.25) is 0 Å². The molecule has 0 aromatic carbocycles. The Morgan fingerprint density at radius 1 is 0.330 bits per heavy atom. The lowest BCUT2D eigenvalue weighted by Gasteiger charge is -2.21. The fourth-order valence-corrected chi connectivity index (χ4v) is 12.5. The Morgan fingerprint density at radius 3 is 0.862 bits per heavy atom. The highest BCUT2D eigenvalue weighted by molar-refractivity contribution is 7.47. The van der Waals surface area contributed by atoms with E-state index < -0.39 is 97.5 Å². The first-order valence-electron chi connectivity index (χ1n) is 38.2. The van der Waals surface area contributed by atoms with Gasteiger partial charge in [0.05, 0.1) is 26.4 Å². The van der Waals surface area contributed by atoms with Crippen LogP contribution in [0.4, 0.5) is 0 Å². The molecule has 5 atom stereocenters. The molecule has 0 radical (unpaired) electrons. The number of unbranched alkanes of at least 4 members (excludes halogenated alkanes) is 36. The number of esters is 4. The van der Waals surface area contributed by atoms with E-state index in [1.54, 1.807) is 0 Å². The molecule has 0 amide bonds. The lowest BCUT2D eigenvalue weighted by atomic mass is 10.0. The van der Waals surface area contributed by atoms with E-state index in [1.807, 2.05) is 0 Å². The van der Waals surface area contributed by atoms with E-state index in [4.69, 9.17) is 37.0 Å². The monoisotopic (exact) mass is 1380 g/mol. The molecule has 19 heteroatoms. The second-order valence-corrected chi connectivity index (χ2v) is 30.7. The van der Waals surface area contributed by atoms with Gasteiger partial charge in [-0.05, 0) is 69.1 Å². The van der Waals surface area contributed by atoms with Gasteiger partial charge in [0, 0.05) is 25.7 Å². The molecule has 0 rings (SSSR count). The predicted molar refractivity (Wildman–Crippen MR) is 381 cm³/mol. The minimum atomic E-state index is -4.96. The van der Waals surface area contributed by atoms with Gasteiger partial charge in [0.1, 0.15) is 19.3 Å². The zero-order valence-electron chi connectivity index (χ0n) is 60.9. The number of hydrogen-bond acceptors (Lipinski definition) is 15. The van der Waals surface area contributed by atoms with Gasteiger partial charge in [-0.15, -0.1) is 0 Å². The minimum absolute atomic E-state index is 0.0987. The van der Waals surface area contributed by atoms with Gasteiger partial charge in [-0.25, -0.2) is 9.13 Å². The number of phosphoric acid groups is 2. The third kappa shape index (κ3) is 68.1. The van der Waals surface area contributed by atoms with Crippen LogP contribution < -0.4 is 0 Å². The van der Waals surface area contributed by atoms with E-state index >= 15 is 0 Å². The lowest BCUT2D eigenvalue weighted by molar-refractivity contribution is -0.161. The van der Waals surface area contributed by atoms with Crippen molar-refractivity contribution in [3.8, 4) is 0 Å². The number of ether oxygens (including phenoxy) is 4. The van der Waals surface area contributed by atoms with Crippen molar-refractivity contribution in [3.63, 3.8) is 0 Å². The van der Waals surface area contributed by atoms with Gasteiger partial charge in [-0.1, -0.05) is 304 Å². The summed E-state index contributed by atoms with van der Waals surface area (Å²) in [5.41, 5.74) is 0. The van der Waals surface area contributed by atoms with Crippen LogP contribution in [0.25, 0.3) is 0 Å². The Kier molecular flexibility index (Phi) is 63.5. The average molecular weight is 1380 g/mol. The molecule has 0 saturated carbocycles. The average Bonchev–Trinajstić information content (AvgIpc) is 1.62. The SMILES string of the molecule is CCCCCC/C=C\C=C/CCCCCCCC(=O)OC[C@H](COP(=O)(O)OCC(O)COP(=O)(O)OC[C@@H](COC(=O)CCCCCCCCCC(C)C)OC(=O)CCCCCCCCCCCCCCCC(C)C)OC(=O)CCCCCCCCCCCCC(C)C. The second kappa shape index (κ2) is 65.2. The number of aliphatic hydroxyl groups is 1. The maximum atomic E-state index is 13.1. The zero-order valence-corrected chi connectivity index (χ0v) is 62.7. The Morgan fingerprint density at radius 2 is 0.574 bits per heavy atom. The third-order valence-electron chi connectivity index (χ3n) is 16.8. The quantitative estimate of drug-likeness (QED) is 0.0169. The first-order chi connectivity index (χ1) is 45.2. The van der Waals surface area contributed by atoms with Crippen molar-refractivity contribution in [2.45, 2.75) is 375 Å². The summed E-state index contributed by atoms with van der Waals surface area (Å²) < 4.78 is 68.4. The fourth-order valence-electron chi connectivity index (χ4n) is 10.9. The molecule has 0 aliphatic heterocycles. The number of rotatable bonds is 71. The van der Waals surface area contributed by atoms with Gasteiger partial charge < -0.3 is 33.8 Å². The van der Waals surface area contributed by atoms with Gasteiger partial charge in [-0.2, -0.15) is 0 Å². The maximum Gasteiger partial charge on any atom is 0.472 e. The number of allylic oxidation sites excluding steroid dienone is 4. The number of aliphatic hydroxyl groups excluding tert-OH is 1. The summed E-state index contributed by atoms with van der Waals surface area (Å²) in [5, 5.41) is 10.6. The van der Waals surface area contributed by atoms with Crippen LogP contribution in [0.1, 0.15) is 357 Å². The first-order valence-corrected chi connectivity index (χ1v) is 41.2. The molecule has 0 saturated heterocycles. The van der Waals surface area contributed by atoms with Crippen LogP contribution in [0.3, 0.4) is 0 Å². The highest BCUT2D eigenvalue weighted by Gasteiger charge is 2.30. The Hall–Kier alpha value is -2.46. The third-order valence-corrected chi connectivity index (χ3v) is 18.7. The molecule has 0 fully saturated rings. The van der Waals surface area contributed by atoms with Crippen molar-refractivity contribution >= 4 is 39.5 Å². The number of carbonyl (C=O) groups is 4. The smallest absolute Gasteiger partial charge is 0.462 e. The molecule has 94 heavy (non-hydrogen) atoms. The minimum Gasteiger partial charge on any atom is -0.462 e. The summed E-state index contributed by atoms with van der Waals surface area (Å²) in [6, 6.07) is 0. The van der Waals surface area contributed by atoms with Gasteiger partial charge in [0.2, 0.25) is 0 Å². The summed E-state index contributed by atoms with van der Waals surface area (Å²) in [4.78, 5) is 72.7.